The second kappa shape index (κ2) is 9.90. The molecule has 2 aliphatic heterocycles. The van der Waals surface area contributed by atoms with Crippen molar-refractivity contribution in [1.29, 1.82) is 0 Å². The molecule has 1 aliphatic carbocycles. The molecule has 1 N–H and O–H groups in total. The lowest BCUT2D eigenvalue weighted by Gasteiger charge is -2.39. The largest absolute Gasteiger partial charge is 0.353 e. The number of hydrogen-bond donors (Lipinski definition) is 1. The zero-order valence-electron chi connectivity index (χ0n) is 17.7. The van der Waals surface area contributed by atoms with Gasteiger partial charge in [0.05, 0.1) is 5.92 Å². The van der Waals surface area contributed by atoms with Crippen LogP contribution in [0, 0.1) is 17.8 Å². The van der Waals surface area contributed by atoms with E-state index in [-0.39, 0.29) is 17.9 Å². The van der Waals surface area contributed by atoms with Gasteiger partial charge in [-0.05, 0) is 43.9 Å². The third-order valence-corrected chi connectivity index (χ3v) is 8.63. The van der Waals surface area contributed by atoms with Crippen LogP contribution in [0.4, 0.5) is 0 Å². The minimum Gasteiger partial charge on any atom is -0.353 e. The van der Waals surface area contributed by atoms with Crippen molar-refractivity contribution in [3.05, 3.63) is 0 Å². The highest BCUT2D eigenvalue weighted by Crippen LogP contribution is 2.28. The van der Waals surface area contributed by atoms with Gasteiger partial charge in [-0.1, -0.05) is 46.0 Å². The number of piperidine rings is 2. The maximum atomic E-state index is 13.2. The summed E-state index contributed by atoms with van der Waals surface area (Å²) in [5.74, 6) is 0.628. The molecule has 1 saturated carbocycles. The molecule has 28 heavy (non-hydrogen) atoms. The maximum Gasteiger partial charge on any atom is 0.282 e. The molecule has 0 unspecified atom stereocenters. The summed E-state index contributed by atoms with van der Waals surface area (Å²) in [6.07, 6.45) is 10.9. The van der Waals surface area contributed by atoms with Crippen molar-refractivity contribution in [2.45, 2.75) is 84.1 Å². The molecule has 0 spiro atoms. The van der Waals surface area contributed by atoms with E-state index in [2.05, 4.69) is 19.2 Å². The molecule has 0 aromatic heterocycles. The fraction of sp³-hybridized carbons (Fsp3) is 0.952. The molecule has 162 valence electrons. The van der Waals surface area contributed by atoms with E-state index in [0.717, 1.165) is 32.1 Å². The van der Waals surface area contributed by atoms with Gasteiger partial charge in [0.2, 0.25) is 5.91 Å². The predicted octanol–water partition coefficient (Wildman–Crippen LogP) is 3.15. The van der Waals surface area contributed by atoms with Gasteiger partial charge in [-0.15, -0.1) is 0 Å². The van der Waals surface area contributed by atoms with Crippen LogP contribution in [-0.2, 0) is 15.0 Å². The van der Waals surface area contributed by atoms with Crippen molar-refractivity contribution in [2.24, 2.45) is 17.8 Å². The van der Waals surface area contributed by atoms with Crippen LogP contribution in [0.25, 0.3) is 0 Å². The van der Waals surface area contributed by atoms with E-state index in [1.54, 1.807) is 8.61 Å². The van der Waals surface area contributed by atoms with E-state index in [1.807, 2.05) is 0 Å². The van der Waals surface area contributed by atoms with E-state index in [4.69, 9.17) is 0 Å². The molecule has 3 rings (SSSR count). The summed E-state index contributed by atoms with van der Waals surface area (Å²) in [7, 11) is -3.47. The summed E-state index contributed by atoms with van der Waals surface area (Å²) < 4.78 is 29.6. The number of rotatable bonds is 4. The summed E-state index contributed by atoms with van der Waals surface area (Å²) in [5.41, 5.74) is 0. The Morgan fingerprint density at radius 2 is 1.43 bits per heavy atom. The van der Waals surface area contributed by atoms with Gasteiger partial charge in [0.1, 0.15) is 0 Å². The van der Waals surface area contributed by atoms with E-state index >= 15 is 0 Å². The summed E-state index contributed by atoms with van der Waals surface area (Å²) >= 11 is 0. The Hall–Kier alpha value is -0.660. The van der Waals surface area contributed by atoms with Gasteiger partial charge in [0.15, 0.2) is 0 Å². The average Bonchev–Trinajstić information content (AvgIpc) is 2.63. The highest BCUT2D eigenvalue weighted by Gasteiger charge is 2.38. The molecule has 2 heterocycles. The summed E-state index contributed by atoms with van der Waals surface area (Å²) in [6.45, 7) is 6.32. The highest BCUT2D eigenvalue weighted by molar-refractivity contribution is 7.86. The second-order valence-electron chi connectivity index (χ2n) is 9.52. The van der Waals surface area contributed by atoms with Gasteiger partial charge in [0, 0.05) is 32.2 Å². The number of amides is 1. The van der Waals surface area contributed by atoms with Crippen molar-refractivity contribution in [3.63, 3.8) is 0 Å². The van der Waals surface area contributed by atoms with Crippen molar-refractivity contribution in [3.8, 4) is 0 Å². The normalized spacial score (nSPS) is 32.4. The van der Waals surface area contributed by atoms with E-state index < -0.39 is 10.2 Å². The first-order valence-electron chi connectivity index (χ1n) is 11.4. The molecular weight excluding hydrogens is 374 g/mol. The Morgan fingerprint density at radius 1 is 0.821 bits per heavy atom. The molecule has 2 saturated heterocycles. The second-order valence-corrected chi connectivity index (χ2v) is 11.4. The molecular formula is C21H39N3O3S. The van der Waals surface area contributed by atoms with Gasteiger partial charge in [0.25, 0.3) is 10.2 Å². The van der Waals surface area contributed by atoms with Crippen LogP contribution in [-0.4, -0.2) is 55.2 Å². The molecule has 6 nitrogen and oxygen atoms in total. The molecule has 0 radical (unpaired) electrons. The Balaban J connectivity index is 1.58. The van der Waals surface area contributed by atoms with Gasteiger partial charge in [-0.2, -0.15) is 17.0 Å². The standard InChI is InChI=1S/C21H39N3O3S/c1-17-13-18(2)15-24(14-17)28(26,27)23-12-8-9-19(16-23)21(25)22-20-10-6-4-3-5-7-11-20/h17-20H,3-16H2,1-2H3,(H,22,25)/t17-,18+,19-/m1/s1. The monoisotopic (exact) mass is 413 g/mol. The number of hydrogen-bond acceptors (Lipinski definition) is 3. The average molecular weight is 414 g/mol. The number of nitrogens with zero attached hydrogens (tertiary/aromatic N) is 2. The fourth-order valence-electron chi connectivity index (χ4n) is 5.24. The topological polar surface area (TPSA) is 69.7 Å². The first kappa shape index (κ1) is 22.0. The van der Waals surface area contributed by atoms with Crippen molar-refractivity contribution in [1.82, 2.24) is 13.9 Å². The first-order valence-corrected chi connectivity index (χ1v) is 12.8. The zero-order valence-corrected chi connectivity index (χ0v) is 18.6. The van der Waals surface area contributed by atoms with Crippen LogP contribution in [0.5, 0.6) is 0 Å². The van der Waals surface area contributed by atoms with Crippen LogP contribution in [0.2, 0.25) is 0 Å². The SMILES string of the molecule is C[C@@H]1C[C@H](C)CN(S(=O)(=O)N2CCC[C@@H](C(=O)NC3CCCCCCC3)C2)C1. The number of nitrogens with one attached hydrogen (secondary N) is 1. The quantitative estimate of drug-likeness (QED) is 0.770. The Labute approximate surface area is 171 Å². The highest BCUT2D eigenvalue weighted by atomic mass is 32.2. The van der Waals surface area contributed by atoms with Gasteiger partial charge >= 0.3 is 0 Å². The van der Waals surface area contributed by atoms with Gasteiger partial charge < -0.3 is 5.32 Å². The Bertz CT molecular complexity index is 606. The summed E-state index contributed by atoms with van der Waals surface area (Å²) in [5, 5.41) is 3.25. The van der Waals surface area contributed by atoms with Crippen LogP contribution in [0.1, 0.15) is 78.1 Å². The van der Waals surface area contributed by atoms with Crippen molar-refractivity contribution in [2.75, 3.05) is 26.2 Å². The molecule has 0 aromatic carbocycles. The van der Waals surface area contributed by atoms with Crippen molar-refractivity contribution < 1.29 is 13.2 Å². The Morgan fingerprint density at radius 3 is 2.07 bits per heavy atom. The van der Waals surface area contributed by atoms with E-state index in [0.29, 0.717) is 38.0 Å². The maximum absolute atomic E-state index is 13.2. The molecule has 3 fully saturated rings. The lowest BCUT2D eigenvalue weighted by Crippen LogP contribution is -2.54. The first-order chi connectivity index (χ1) is 13.4. The molecule has 0 bridgehead atoms. The van der Waals surface area contributed by atoms with Crippen LogP contribution in [0.3, 0.4) is 0 Å². The third-order valence-electron chi connectivity index (χ3n) is 6.69. The van der Waals surface area contributed by atoms with Gasteiger partial charge in [-0.25, -0.2) is 0 Å². The Kier molecular flexibility index (Phi) is 7.79. The molecule has 1 amide bonds. The molecule has 3 atom stereocenters. The fourth-order valence-corrected chi connectivity index (χ4v) is 7.18. The molecule has 0 aromatic rings. The molecule has 7 heteroatoms. The van der Waals surface area contributed by atoms with Crippen LogP contribution < -0.4 is 5.32 Å². The summed E-state index contributed by atoms with van der Waals surface area (Å²) in [6, 6.07) is 0.267. The summed E-state index contributed by atoms with van der Waals surface area (Å²) in [4.78, 5) is 12.9. The lowest BCUT2D eigenvalue weighted by molar-refractivity contribution is -0.127. The minimum absolute atomic E-state index is 0.0610. The van der Waals surface area contributed by atoms with E-state index in [9.17, 15) is 13.2 Å². The number of carbonyl (C=O) groups is 1. The minimum atomic E-state index is -3.47. The van der Waals surface area contributed by atoms with E-state index in [1.165, 1.54) is 32.1 Å². The van der Waals surface area contributed by atoms with Crippen LogP contribution >= 0.6 is 0 Å². The molecule has 3 aliphatic rings. The zero-order chi connectivity index (χ0) is 20.1. The lowest BCUT2D eigenvalue weighted by atomic mass is 9.94. The predicted molar refractivity (Wildman–Crippen MR) is 112 cm³/mol. The third kappa shape index (κ3) is 5.70. The van der Waals surface area contributed by atoms with Crippen molar-refractivity contribution >= 4 is 16.1 Å². The van der Waals surface area contributed by atoms with Gasteiger partial charge in [-0.3, -0.25) is 4.79 Å². The van der Waals surface area contributed by atoms with Crippen LogP contribution in [0.15, 0.2) is 0 Å². The smallest absolute Gasteiger partial charge is 0.282 e. The number of carbonyl (C=O) groups excluding carboxylic acids is 1.